The molecule has 4 atom stereocenters. The van der Waals surface area contributed by atoms with Crippen molar-refractivity contribution >= 4 is 40.7 Å². The molecule has 0 bridgehead atoms. The quantitative estimate of drug-likeness (QED) is 0.731. The van der Waals surface area contributed by atoms with Crippen LogP contribution in [0.5, 0.6) is 5.75 Å². The Balaban J connectivity index is 1.56. The van der Waals surface area contributed by atoms with Crippen LogP contribution < -0.4 is 15.0 Å². The van der Waals surface area contributed by atoms with Gasteiger partial charge in [-0.1, -0.05) is 17.7 Å². The first-order chi connectivity index (χ1) is 15.0. The van der Waals surface area contributed by atoms with Crippen molar-refractivity contribution in [1.82, 2.24) is 4.90 Å². The molecule has 3 fully saturated rings. The number of anilines is 2. The molecule has 4 heterocycles. The molecule has 3 amide bonds. The highest BCUT2D eigenvalue weighted by Crippen LogP contribution is 2.61. The van der Waals surface area contributed by atoms with Crippen molar-refractivity contribution in [2.24, 2.45) is 11.8 Å². The van der Waals surface area contributed by atoms with Crippen LogP contribution >= 0.6 is 11.6 Å². The van der Waals surface area contributed by atoms with Gasteiger partial charge in [0.15, 0.2) is 0 Å². The fourth-order valence-corrected chi connectivity index (χ4v) is 6.36. The Labute approximate surface area is 183 Å². The van der Waals surface area contributed by atoms with Gasteiger partial charge in [-0.05, 0) is 55.8 Å². The minimum atomic E-state index is -1.21. The van der Waals surface area contributed by atoms with Gasteiger partial charge in [-0.15, -0.1) is 0 Å². The van der Waals surface area contributed by atoms with Crippen LogP contribution in [0.3, 0.4) is 0 Å². The van der Waals surface area contributed by atoms with Gasteiger partial charge in [0.05, 0.1) is 24.6 Å². The number of ether oxygens (including phenoxy) is 1. The molecule has 3 saturated heterocycles. The smallest absolute Gasteiger partial charge is 0.250 e. The van der Waals surface area contributed by atoms with Crippen molar-refractivity contribution in [3.05, 3.63) is 53.1 Å². The van der Waals surface area contributed by atoms with Gasteiger partial charge in [0, 0.05) is 22.3 Å². The van der Waals surface area contributed by atoms with Gasteiger partial charge < -0.3 is 10.1 Å². The standard InChI is InChI=1S/C23H20ClN3O4/c1-31-14-7-8-16-15(11-14)23(22(30)25-16)19-18(17-6-3-9-26(17)23)20(28)27(21(19)29)13-5-2-4-12(24)10-13/h2,4-5,7-8,10-11,17-19H,3,6,9H2,1H3,(H,25,30)/t17-,18-,19+,23-/m1/s1. The second-order valence-electron chi connectivity index (χ2n) is 8.53. The molecule has 1 spiro atoms. The Morgan fingerprint density at radius 2 is 1.97 bits per heavy atom. The van der Waals surface area contributed by atoms with E-state index in [1.165, 1.54) is 4.90 Å². The normalized spacial score (nSPS) is 31.2. The maximum absolute atomic E-state index is 13.8. The highest BCUT2D eigenvalue weighted by atomic mass is 35.5. The maximum atomic E-state index is 13.8. The zero-order valence-corrected chi connectivity index (χ0v) is 17.6. The number of nitrogens with zero attached hydrogens (tertiary/aromatic N) is 2. The van der Waals surface area contributed by atoms with Crippen LogP contribution in [0.2, 0.25) is 5.02 Å². The van der Waals surface area contributed by atoms with Crippen LogP contribution in [-0.4, -0.2) is 42.3 Å². The lowest BCUT2D eigenvalue weighted by atomic mass is 9.75. The lowest BCUT2D eigenvalue weighted by molar-refractivity contribution is -0.135. The number of amides is 3. The second-order valence-corrected chi connectivity index (χ2v) is 8.97. The zero-order chi connectivity index (χ0) is 21.5. The number of hydrogen-bond acceptors (Lipinski definition) is 5. The summed E-state index contributed by atoms with van der Waals surface area (Å²) in [6.07, 6.45) is 1.65. The third kappa shape index (κ3) is 2.20. The number of methoxy groups -OCH3 is 1. The molecule has 2 aromatic carbocycles. The molecule has 0 aromatic heterocycles. The maximum Gasteiger partial charge on any atom is 0.250 e. The first-order valence-corrected chi connectivity index (χ1v) is 10.8. The van der Waals surface area contributed by atoms with E-state index in [1.54, 1.807) is 43.5 Å². The van der Waals surface area contributed by atoms with E-state index in [0.717, 1.165) is 12.8 Å². The lowest BCUT2D eigenvalue weighted by Crippen LogP contribution is -2.54. The van der Waals surface area contributed by atoms with E-state index in [0.29, 0.717) is 34.3 Å². The van der Waals surface area contributed by atoms with Crippen LogP contribution in [-0.2, 0) is 19.9 Å². The largest absolute Gasteiger partial charge is 0.497 e. The minimum absolute atomic E-state index is 0.159. The van der Waals surface area contributed by atoms with E-state index >= 15 is 0 Å². The number of halogens is 1. The summed E-state index contributed by atoms with van der Waals surface area (Å²) in [5, 5.41) is 3.41. The number of fused-ring (bicyclic) bond motifs is 7. The van der Waals surface area contributed by atoms with E-state index in [-0.39, 0.29) is 23.8 Å². The lowest BCUT2D eigenvalue weighted by Gasteiger charge is -2.36. The summed E-state index contributed by atoms with van der Waals surface area (Å²) in [6.45, 7) is 0.666. The first kappa shape index (κ1) is 18.8. The first-order valence-electron chi connectivity index (χ1n) is 10.4. The summed E-state index contributed by atoms with van der Waals surface area (Å²) in [6, 6.07) is 12.0. The number of hydrogen-bond donors (Lipinski definition) is 1. The molecule has 2 aromatic rings. The van der Waals surface area contributed by atoms with E-state index in [4.69, 9.17) is 16.3 Å². The van der Waals surface area contributed by atoms with Crippen LogP contribution in [0.1, 0.15) is 18.4 Å². The second kappa shape index (κ2) is 6.31. The molecule has 4 aliphatic heterocycles. The van der Waals surface area contributed by atoms with Gasteiger partial charge >= 0.3 is 0 Å². The molecule has 0 unspecified atom stereocenters. The van der Waals surface area contributed by atoms with Gasteiger partial charge in [0.1, 0.15) is 11.3 Å². The zero-order valence-electron chi connectivity index (χ0n) is 16.8. The summed E-state index contributed by atoms with van der Waals surface area (Å²) in [7, 11) is 1.57. The Bertz CT molecular complexity index is 1170. The number of carbonyl (C=O) groups excluding carboxylic acids is 3. The summed E-state index contributed by atoms with van der Waals surface area (Å²) in [5.41, 5.74) is 0.611. The third-order valence-corrected chi connectivity index (χ3v) is 7.50. The molecular weight excluding hydrogens is 418 g/mol. The van der Waals surface area contributed by atoms with Crippen molar-refractivity contribution in [2.75, 3.05) is 23.9 Å². The van der Waals surface area contributed by atoms with Crippen LogP contribution in [0.25, 0.3) is 0 Å². The molecule has 7 nitrogen and oxygen atoms in total. The molecule has 8 heteroatoms. The summed E-state index contributed by atoms with van der Waals surface area (Å²) in [4.78, 5) is 44.4. The molecular formula is C23H20ClN3O4. The average Bonchev–Trinajstić information content (AvgIpc) is 3.46. The van der Waals surface area contributed by atoms with Gasteiger partial charge in [-0.2, -0.15) is 0 Å². The van der Waals surface area contributed by atoms with E-state index < -0.39 is 17.4 Å². The number of benzene rings is 2. The Morgan fingerprint density at radius 1 is 1.13 bits per heavy atom. The molecule has 6 rings (SSSR count). The van der Waals surface area contributed by atoms with Gasteiger partial charge in [0.2, 0.25) is 17.7 Å². The SMILES string of the molecule is COc1ccc2c(c1)[C@]1(C(=O)N2)[C@@H]2C(=O)N(c3cccc(Cl)c3)C(=O)[C@@H]2[C@H]2CCCN21. The fraction of sp³-hybridized carbons (Fsp3) is 0.348. The highest BCUT2D eigenvalue weighted by molar-refractivity contribution is 6.31. The van der Waals surface area contributed by atoms with E-state index in [9.17, 15) is 14.4 Å². The van der Waals surface area contributed by atoms with Crippen LogP contribution in [0.4, 0.5) is 11.4 Å². The monoisotopic (exact) mass is 437 g/mol. The van der Waals surface area contributed by atoms with Crippen LogP contribution in [0, 0.1) is 11.8 Å². The Kier molecular flexibility index (Phi) is 3.83. The Morgan fingerprint density at radius 3 is 2.74 bits per heavy atom. The number of rotatable bonds is 2. The molecule has 0 saturated carbocycles. The van der Waals surface area contributed by atoms with Crippen molar-refractivity contribution in [3.8, 4) is 5.75 Å². The molecule has 158 valence electrons. The van der Waals surface area contributed by atoms with E-state index in [1.807, 2.05) is 6.07 Å². The molecule has 1 N–H and O–H groups in total. The van der Waals surface area contributed by atoms with Gasteiger partial charge in [0.25, 0.3) is 0 Å². The Hall–Kier alpha value is -2.90. The third-order valence-electron chi connectivity index (χ3n) is 7.27. The van der Waals surface area contributed by atoms with Gasteiger partial charge in [-0.3, -0.25) is 19.3 Å². The molecule has 0 aliphatic carbocycles. The number of imide groups is 1. The number of carbonyl (C=O) groups is 3. The minimum Gasteiger partial charge on any atom is -0.497 e. The summed E-state index contributed by atoms with van der Waals surface area (Å²) in [5.74, 6) is -1.61. The molecule has 31 heavy (non-hydrogen) atoms. The van der Waals surface area contributed by atoms with Crippen molar-refractivity contribution in [2.45, 2.75) is 24.4 Å². The summed E-state index contributed by atoms with van der Waals surface area (Å²) >= 11 is 6.14. The molecule has 0 radical (unpaired) electrons. The summed E-state index contributed by atoms with van der Waals surface area (Å²) < 4.78 is 5.42. The van der Waals surface area contributed by atoms with Crippen molar-refractivity contribution in [1.29, 1.82) is 0 Å². The van der Waals surface area contributed by atoms with E-state index in [2.05, 4.69) is 10.2 Å². The number of nitrogens with one attached hydrogen (secondary N) is 1. The predicted octanol–water partition coefficient (Wildman–Crippen LogP) is 2.78. The fourth-order valence-electron chi connectivity index (χ4n) is 6.18. The van der Waals surface area contributed by atoms with Gasteiger partial charge in [-0.25, -0.2) is 4.90 Å². The topological polar surface area (TPSA) is 79.0 Å². The predicted molar refractivity (Wildman–Crippen MR) is 114 cm³/mol. The van der Waals surface area contributed by atoms with Crippen molar-refractivity contribution in [3.63, 3.8) is 0 Å². The average molecular weight is 438 g/mol. The highest BCUT2D eigenvalue weighted by Gasteiger charge is 2.74. The van der Waals surface area contributed by atoms with Crippen LogP contribution in [0.15, 0.2) is 42.5 Å². The van der Waals surface area contributed by atoms with Crippen molar-refractivity contribution < 1.29 is 19.1 Å². The molecule has 4 aliphatic rings.